The summed E-state index contributed by atoms with van der Waals surface area (Å²) in [6.45, 7) is 1.92. The third-order valence-corrected chi connectivity index (χ3v) is 1.51. The summed E-state index contributed by atoms with van der Waals surface area (Å²) in [5.41, 5.74) is -0.109. The van der Waals surface area contributed by atoms with Gasteiger partial charge in [-0.2, -0.15) is 5.26 Å². The second-order valence-corrected chi connectivity index (χ2v) is 2.25. The van der Waals surface area contributed by atoms with Crippen molar-refractivity contribution in [2.45, 2.75) is 6.92 Å². The summed E-state index contributed by atoms with van der Waals surface area (Å²) in [7, 11) is 1.57. The summed E-state index contributed by atoms with van der Waals surface area (Å²) >= 11 is 3.88. The van der Waals surface area contributed by atoms with Gasteiger partial charge in [0, 0.05) is 7.05 Å². The van der Waals surface area contributed by atoms with E-state index in [4.69, 9.17) is 5.26 Å². The van der Waals surface area contributed by atoms with Gasteiger partial charge in [0.1, 0.15) is 6.07 Å². The maximum atomic E-state index is 11.0. The highest BCUT2D eigenvalue weighted by atomic mass is 32.1. The van der Waals surface area contributed by atoms with Crippen molar-refractivity contribution in [1.29, 1.82) is 5.26 Å². The van der Waals surface area contributed by atoms with E-state index in [1.165, 1.54) is 0 Å². The van der Waals surface area contributed by atoms with Gasteiger partial charge in [-0.3, -0.25) is 0 Å². The highest BCUT2D eigenvalue weighted by Crippen LogP contribution is 2.05. The fourth-order valence-corrected chi connectivity index (χ4v) is 0.665. The SMILES string of the molecule is CCOC(=O)/C(C#N)=C(\S)NC. The van der Waals surface area contributed by atoms with Crippen LogP contribution in [0.5, 0.6) is 0 Å². The van der Waals surface area contributed by atoms with Crippen LogP contribution >= 0.6 is 12.6 Å². The molecule has 0 rings (SSSR count). The van der Waals surface area contributed by atoms with Crippen molar-refractivity contribution in [3.63, 3.8) is 0 Å². The number of hydrogen-bond donors (Lipinski definition) is 2. The number of ether oxygens (including phenoxy) is 1. The summed E-state index contributed by atoms with van der Waals surface area (Å²) in [6, 6.07) is 1.70. The van der Waals surface area contributed by atoms with Crippen LogP contribution in [0.2, 0.25) is 0 Å². The Morgan fingerprint density at radius 1 is 1.75 bits per heavy atom. The summed E-state index contributed by atoms with van der Waals surface area (Å²) in [6.07, 6.45) is 0. The Morgan fingerprint density at radius 3 is 2.67 bits per heavy atom. The first-order valence-corrected chi connectivity index (χ1v) is 3.80. The van der Waals surface area contributed by atoms with Gasteiger partial charge in [-0.25, -0.2) is 4.79 Å². The van der Waals surface area contributed by atoms with E-state index in [2.05, 4.69) is 22.7 Å². The molecule has 0 aromatic carbocycles. The van der Waals surface area contributed by atoms with Gasteiger partial charge in [0.2, 0.25) is 0 Å². The van der Waals surface area contributed by atoms with E-state index < -0.39 is 5.97 Å². The normalized spacial score (nSPS) is 11.2. The Bertz CT molecular complexity index is 242. The molecule has 0 aromatic rings. The predicted molar refractivity (Wildman–Crippen MR) is 47.3 cm³/mol. The van der Waals surface area contributed by atoms with Crippen LogP contribution in [0.1, 0.15) is 6.92 Å². The minimum Gasteiger partial charge on any atom is -0.462 e. The Balaban J connectivity index is 4.59. The van der Waals surface area contributed by atoms with Gasteiger partial charge in [-0.05, 0) is 6.92 Å². The number of carbonyl (C=O) groups excluding carboxylic acids is 1. The molecule has 0 saturated carbocycles. The first-order valence-electron chi connectivity index (χ1n) is 3.35. The Morgan fingerprint density at radius 2 is 2.33 bits per heavy atom. The van der Waals surface area contributed by atoms with Crippen LogP contribution in [0, 0.1) is 11.3 Å². The van der Waals surface area contributed by atoms with Gasteiger partial charge < -0.3 is 10.1 Å². The topological polar surface area (TPSA) is 62.1 Å². The molecule has 5 heteroatoms. The van der Waals surface area contributed by atoms with Crippen LogP contribution in [0.25, 0.3) is 0 Å². The fraction of sp³-hybridized carbons (Fsp3) is 0.429. The van der Waals surface area contributed by atoms with Crippen molar-refractivity contribution in [1.82, 2.24) is 5.32 Å². The van der Waals surface area contributed by atoms with E-state index in [1.807, 2.05) is 0 Å². The van der Waals surface area contributed by atoms with Crippen molar-refractivity contribution in [3.05, 3.63) is 10.6 Å². The number of carbonyl (C=O) groups is 1. The molecule has 0 fully saturated rings. The number of esters is 1. The molecule has 66 valence electrons. The molecule has 0 aliphatic rings. The molecule has 0 heterocycles. The van der Waals surface area contributed by atoms with Gasteiger partial charge in [0.25, 0.3) is 0 Å². The Kier molecular flexibility index (Phi) is 4.97. The van der Waals surface area contributed by atoms with E-state index in [0.717, 1.165) is 0 Å². The van der Waals surface area contributed by atoms with Crippen molar-refractivity contribution in [2.24, 2.45) is 0 Å². The van der Waals surface area contributed by atoms with Crippen LogP contribution in [-0.4, -0.2) is 19.6 Å². The van der Waals surface area contributed by atoms with E-state index >= 15 is 0 Å². The number of rotatable bonds is 3. The molecule has 0 aliphatic heterocycles. The predicted octanol–water partition coefficient (Wildman–Crippen LogP) is 0.434. The zero-order chi connectivity index (χ0) is 9.56. The molecule has 0 unspecified atom stereocenters. The number of nitriles is 1. The van der Waals surface area contributed by atoms with Crippen LogP contribution < -0.4 is 5.32 Å². The molecular weight excluding hydrogens is 176 g/mol. The smallest absolute Gasteiger partial charge is 0.351 e. The van der Waals surface area contributed by atoms with E-state index in [0.29, 0.717) is 0 Å². The number of hydrogen-bond acceptors (Lipinski definition) is 5. The Hall–Kier alpha value is -1.15. The standard InChI is InChI=1S/C7H10N2O2S/c1-3-11-7(10)5(4-8)6(12)9-2/h9,12H,3H2,1-2H3/b6-5-. The van der Waals surface area contributed by atoms with Crippen molar-refractivity contribution >= 4 is 18.6 Å². The van der Waals surface area contributed by atoms with Crippen LogP contribution in [0.4, 0.5) is 0 Å². The van der Waals surface area contributed by atoms with E-state index in [1.54, 1.807) is 20.0 Å². The molecule has 12 heavy (non-hydrogen) atoms. The van der Waals surface area contributed by atoms with Gasteiger partial charge in [0.05, 0.1) is 11.6 Å². The molecule has 0 aromatic heterocycles. The molecule has 0 spiro atoms. The van der Waals surface area contributed by atoms with Gasteiger partial charge in [-0.1, -0.05) is 0 Å². The maximum Gasteiger partial charge on any atom is 0.351 e. The maximum absolute atomic E-state index is 11.0. The highest BCUT2D eigenvalue weighted by Gasteiger charge is 2.13. The zero-order valence-corrected chi connectivity index (χ0v) is 7.81. The third-order valence-electron chi connectivity index (χ3n) is 1.06. The lowest BCUT2D eigenvalue weighted by Gasteiger charge is -2.02. The second kappa shape index (κ2) is 5.49. The van der Waals surface area contributed by atoms with Crippen LogP contribution in [-0.2, 0) is 9.53 Å². The molecule has 0 aliphatic carbocycles. The molecule has 0 saturated heterocycles. The minimum absolute atomic E-state index is 0.109. The first kappa shape index (κ1) is 10.8. The van der Waals surface area contributed by atoms with Crippen LogP contribution in [0.15, 0.2) is 10.6 Å². The van der Waals surface area contributed by atoms with Crippen molar-refractivity contribution in [2.75, 3.05) is 13.7 Å². The second-order valence-electron chi connectivity index (χ2n) is 1.81. The lowest BCUT2D eigenvalue weighted by atomic mass is 10.3. The minimum atomic E-state index is -0.653. The monoisotopic (exact) mass is 186 g/mol. The van der Waals surface area contributed by atoms with Crippen molar-refractivity contribution < 1.29 is 9.53 Å². The van der Waals surface area contributed by atoms with E-state index in [-0.39, 0.29) is 17.2 Å². The molecule has 0 radical (unpaired) electrons. The summed E-state index contributed by atoms with van der Waals surface area (Å²) in [5, 5.41) is 11.3. The third kappa shape index (κ3) is 2.84. The summed E-state index contributed by atoms with van der Waals surface area (Å²) in [5.74, 6) is -0.653. The molecule has 0 bridgehead atoms. The number of thiol groups is 1. The van der Waals surface area contributed by atoms with E-state index in [9.17, 15) is 4.79 Å². The summed E-state index contributed by atoms with van der Waals surface area (Å²) in [4.78, 5) is 11.0. The highest BCUT2D eigenvalue weighted by molar-refractivity contribution is 7.84. The average Bonchev–Trinajstić information content (AvgIpc) is 2.06. The lowest BCUT2D eigenvalue weighted by Crippen LogP contribution is -2.12. The zero-order valence-electron chi connectivity index (χ0n) is 6.92. The largest absolute Gasteiger partial charge is 0.462 e. The van der Waals surface area contributed by atoms with Gasteiger partial charge in [0.15, 0.2) is 5.57 Å². The fourth-order valence-electron chi connectivity index (χ4n) is 0.524. The molecule has 0 atom stereocenters. The quantitative estimate of drug-likeness (QED) is 0.290. The van der Waals surface area contributed by atoms with Crippen molar-refractivity contribution in [3.8, 4) is 6.07 Å². The Labute approximate surface area is 76.6 Å². The van der Waals surface area contributed by atoms with Gasteiger partial charge in [-0.15, -0.1) is 12.6 Å². The molecule has 1 N–H and O–H groups in total. The van der Waals surface area contributed by atoms with Crippen LogP contribution in [0.3, 0.4) is 0 Å². The lowest BCUT2D eigenvalue weighted by molar-refractivity contribution is -0.138. The van der Waals surface area contributed by atoms with Gasteiger partial charge >= 0.3 is 5.97 Å². The molecule has 4 nitrogen and oxygen atoms in total. The average molecular weight is 186 g/mol. The molecular formula is C7H10N2O2S. The molecule has 0 amide bonds. The summed E-state index contributed by atoms with van der Waals surface area (Å²) < 4.78 is 4.61. The number of nitrogens with zero attached hydrogens (tertiary/aromatic N) is 1. The number of nitrogens with one attached hydrogen (secondary N) is 1. The first-order chi connectivity index (χ1) is 5.67.